The van der Waals surface area contributed by atoms with Gasteiger partial charge in [-0.1, -0.05) is 12.1 Å². The fourth-order valence-electron chi connectivity index (χ4n) is 1.71. The minimum absolute atomic E-state index is 0.364. The SMILES string of the molecule is COC(=O)c1ccccc1Nc1ccc(OC)cc1. The molecule has 19 heavy (non-hydrogen) atoms. The lowest BCUT2D eigenvalue weighted by Crippen LogP contribution is -2.05. The van der Waals surface area contributed by atoms with E-state index in [9.17, 15) is 4.79 Å². The quantitative estimate of drug-likeness (QED) is 0.854. The second-order valence-corrected chi connectivity index (χ2v) is 3.89. The van der Waals surface area contributed by atoms with Gasteiger partial charge in [-0.25, -0.2) is 4.79 Å². The molecule has 0 aliphatic rings. The Bertz CT molecular complexity index is 564. The molecule has 0 atom stereocenters. The largest absolute Gasteiger partial charge is 0.497 e. The summed E-state index contributed by atoms with van der Waals surface area (Å²) in [5, 5.41) is 3.18. The Labute approximate surface area is 112 Å². The third-order valence-corrected chi connectivity index (χ3v) is 2.70. The van der Waals surface area contributed by atoms with Gasteiger partial charge in [-0.15, -0.1) is 0 Å². The van der Waals surface area contributed by atoms with Crippen LogP contribution in [0.2, 0.25) is 0 Å². The summed E-state index contributed by atoms with van der Waals surface area (Å²) in [7, 11) is 2.99. The fourth-order valence-corrected chi connectivity index (χ4v) is 1.71. The van der Waals surface area contributed by atoms with E-state index in [4.69, 9.17) is 9.47 Å². The maximum Gasteiger partial charge on any atom is 0.339 e. The lowest BCUT2D eigenvalue weighted by Gasteiger charge is -2.11. The molecule has 98 valence electrons. The van der Waals surface area contributed by atoms with E-state index < -0.39 is 0 Å². The number of benzene rings is 2. The third kappa shape index (κ3) is 3.04. The van der Waals surface area contributed by atoms with Crippen molar-refractivity contribution in [2.45, 2.75) is 0 Å². The van der Waals surface area contributed by atoms with E-state index in [1.54, 1.807) is 19.2 Å². The van der Waals surface area contributed by atoms with Crippen LogP contribution in [0.15, 0.2) is 48.5 Å². The molecule has 0 aromatic heterocycles. The molecule has 0 fully saturated rings. The van der Waals surface area contributed by atoms with Crippen LogP contribution in [-0.2, 0) is 4.74 Å². The molecule has 0 spiro atoms. The van der Waals surface area contributed by atoms with E-state index in [0.29, 0.717) is 11.3 Å². The van der Waals surface area contributed by atoms with Gasteiger partial charge in [0.25, 0.3) is 0 Å². The van der Waals surface area contributed by atoms with Gasteiger partial charge in [0.1, 0.15) is 5.75 Å². The number of rotatable bonds is 4. The van der Waals surface area contributed by atoms with E-state index in [0.717, 1.165) is 11.4 Å². The second-order valence-electron chi connectivity index (χ2n) is 3.89. The molecule has 0 saturated carbocycles. The van der Waals surface area contributed by atoms with Crippen molar-refractivity contribution in [1.82, 2.24) is 0 Å². The number of carbonyl (C=O) groups excluding carboxylic acids is 1. The highest BCUT2D eigenvalue weighted by Gasteiger charge is 2.10. The van der Waals surface area contributed by atoms with Gasteiger partial charge in [0.2, 0.25) is 0 Å². The minimum atomic E-state index is -0.364. The predicted octanol–water partition coefficient (Wildman–Crippen LogP) is 3.23. The van der Waals surface area contributed by atoms with Crippen molar-refractivity contribution < 1.29 is 14.3 Å². The molecule has 0 aliphatic carbocycles. The van der Waals surface area contributed by atoms with Crippen LogP contribution < -0.4 is 10.1 Å². The smallest absolute Gasteiger partial charge is 0.339 e. The fraction of sp³-hybridized carbons (Fsp3) is 0.133. The highest BCUT2D eigenvalue weighted by molar-refractivity contribution is 5.96. The zero-order valence-corrected chi connectivity index (χ0v) is 10.8. The van der Waals surface area contributed by atoms with Crippen LogP contribution >= 0.6 is 0 Å². The lowest BCUT2D eigenvalue weighted by atomic mass is 10.1. The number of esters is 1. The molecular formula is C15H15NO3. The van der Waals surface area contributed by atoms with Crippen LogP contribution in [0.5, 0.6) is 5.75 Å². The van der Waals surface area contributed by atoms with Crippen molar-refractivity contribution in [2.75, 3.05) is 19.5 Å². The maximum atomic E-state index is 11.6. The van der Waals surface area contributed by atoms with Gasteiger partial charge < -0.3 is 14.8 Å². The number of carbonyl (C=O) groups is 1. The Balaban J connectivity index is 2.25. The van der Waals surface area contributed by atoms with Gasteiger partial charge >= 0.3 is 5.97 Å². The number of ether oxygens (including phenoxy) is 2. The number of hydrogen-bond acceptors (Lipinski definition) is 4. The molecular weight excluding hydrogens is 242 g/mol. The molecule has 0 heterocycles. The van der Waals surface area contributed by atoms with Crippen molar-refractivity contribution in [1.29, 1.82) is 0 Å². The topological polar surface area (TPSA) is 47.6 Å². The molecule has 2 aromatic rings. The van der Waals surface area contributed by atoms with Crippen molar-refractivity contribution in [2.24, 2.45) is 0 Å². The average molecular weight is 257 g/mol. The minimum Gasteiger partial charge on any atom is -0.497 e. The Morgan fingerprint density at radius 1 is 1.00 bits per heavy atom. The van der Waals surface area contributed by atoms with E-state index in [-0.39, 0.29) is 5.97 Å². The summed E-state index contributed by atoms with van der Waals surface area (Å²) in [4.78, 5) is 11.6. The Kier molecular flexibility index (Phi) is 4.03. The normalized spacial score (nSPS) is 9.79. The first-order chi connectivity index (χ1) is 9.24. The summed E-state index contributed by atoms with van der Waals surface area (Å²) >= 11 is 0. The lowest BCUT2D eigenvalue weighted by molar-refractivity contribution is 0.0602. The van der Waals surface area contributed by atoms with Gasteiger partial charge in [0.05, 0.1) is 25.5 Å². The maximum absolute atomic E-state index is 11.6. The van der Waals surface area contributed by atoms with Gasteiger partial charge in [0, 0.05) is 5.69 Å². The first kappa shape index (κ1) is 13.0. The molecule has 2 rings (SSSR count). The Hall–Kier alpha value is -2.49. The molecule has 0 radical (unpaired) electrons. The first-order valence-corrected chi connectivity index (χ1v) is 5.83. The number of methoxy groups -OCH3 is 2. The zero-order chi connectivity index (χ0) is 13.7. The van der Waals surface area contributed by atoms with Crippen LogP contribution in [0.25, 0.3) is 0 Å². The van der Waals surface area contributed by atoms with Crippen molar-refractivity contribution in [3.8, 4) is 5.75 Å². The summed E-state index contributed by atoms with van der Waals surface area (Å²) < 4.78 is 9.85. The molecule has 0 amide bonds. The molecule has 0 bridgehead atoms. The molecule has 0 aliphatic heterocycles. The first-order valence-electron chi connectivity index (χ1n) is 5.83. The van der Waals surface area contributed by atoms with Crippen LogP contribution in [-0.4, -0.2) is 20.2 Å². The van der Waals surface area contributed by atoms with Crippen LogP contribution in [0.3, 0.4) is 0 Å². The number of anilines is 2. The van der Waals surface area contributed by atoms with Crippen LogP contribution in [0.4, 0.5) is 11.4 Å². The third-order valence-electron chi connectivity index (χ3n) is 2.70. The molecule has 4 heteroatoms. The Morgan fingerprint density at radius 2 is 1.68 bits per heavy atom. The highest BCUT2D eigenvalue weighted by atomic mass is 16.5. The van der Waals surface area contributed by atoms with Crippen LogP contribution in [0.1, 0.15) is 10.4 Å². The Morgan fingerprint density at radius 3 is 2.32 bits per heavy atom. The number of nitrogens with one attached hydrogen (secondary N) is 1. The zero-order valence-electron chi connectivity index (χ0n) is 10.8. The highest BCUT2D eigenvalue weighted by Crippen LogP contribution is 2.23. The van der Waals surface area contributed by atoms with E-state index in [2.05, 4.69) is 5.32 Å². The van der Waals surface area contributed by atoms with E-state index >= 15 is 0 Å². The summed E-state index contributed by atoms with van der Waals surface area (Å²) in [6.45, 7) is 0. The standard InChI is InChI=1S/C15H15NO3/c1-18-12-9-7-11(8-10-12)16-14-6-4-3-5-13(14)15(17)19-2/h3-10,16H,1-2H3. The number of para-hydroxylation sites is 1. The van der Waals surface area contributed by atoms with Gasteiger partial charge in [-0.3, -0.25) is 0 Å². The molecule has 0 unspecified atom stereocenters. The van der Waals surface area contributed by atoms with Crippen molar-refractivity contribution in [3.63, 3.8) is 0 Å². The van der Waals surface area contributed by atoms with Gasteiger partial charge in [-0.05, 0) is 36.4 Å². The van der Waals surface area contributed by atoms with E-state index in [1.165, 1.54) is 7.11 Å². The second kappa shape index (κ2) is 5.91. The van der Waals surface area contributed by atoms with E-state index in [1.807, 2.05) is 36.4 Å². The monoisotopic (exact) mass is 257 g/mol. The van der Waals surface area contributed by atoms with Gasteiger partial charge in [0.15, 0.2) is 0 Å². The average Bonchev–Trinajstić information content (AvgIpc) is 2.48. The summed E-state index contributed by atoms with van der Waals surface area (Å²) in [6, 6.07) is 14.7. The summed E-state index contributed by atoms with van der Waals surface area (Å²) in [5.74, 6) is 0.420. The molecule has 2 aromatic carbocycles. The van der Waals surface area contributed by atoms with Crippen LogP contribution in [0, 0.1) is 0 Å². The van der Waals surface area contributed by atoms with Crippen molar-refractivity contribution in [3.05, 3.63) is 54.1 Å². The van der Waals surface area contributed by atoms with Gasteiger partial charge in [-0.2, -0.15) is 0 Å². The van der Waals surface area contributed by atoms with Crippen molar-refractivity contribution >= 4 is 17.3 Å². The molecule has 1 N–H and O–H groups in total. The molecule has 4 nitrogen and oxygen atoms in total. The predicted molar refractivity (Wildman–Crippen MR) is 74.1 cm³/mol. The summed E-state index contributed by atoms with van der Waals surface area (Å²) in [5.41, 5.74) is 2.08. The molecule has 0 saturated heterocycles. The number of hydrogen-bond donors (Lipinski definition) is 1. The summed E-state index contributed by atoms with van der Waals surface area (Å²) in [6.07, 6.45) is 0.